The molecule has 4 rings (SSSR count). The summed E-state index contributed by atoms with van der Waals surface area (Å²) in [7, 11) is 0. The highest BCUT2D eigenvalue weighted by molar-refractivity contribution is 5.91. The first-order valence-electron chi connectivity index (χ1n) is 10.8. The lowest BCUT2D eigenvalue weighted by Gasteiger charge is -2.42. The number of carbonyl (C=O) groups is 1. The van der Waals surface area contributed by atoms with Crippen molar-refractivity contribution in [3.05, 3.63) is 83.4 Å². The van der Waals surface area contributed by atoms with Crippen LogP contribution < -0.4 is 10.3 Å². The van der Waals surface area contributed by atoms with E-state index in [2.05, 4.69) is 79.5 Å². The zero-order chi connectivity index (χ0) is 22.0. The van der Waals surface area contributed by atoms with Crippen LogP contribution in [0.3, 0.4) is 0 Å². The van der Waals surface area contributed by atoms with Crippen molar-refractivity contribution < 1.29 is 4.79 Å². The molecule has 1 heterocycles. The average Bonchev–Trinajstić information content (AvgIpc) is 2.74. The van der Waals surface area contributed by atoms with Crippen molar-refractivity contribution in [3.63, 3.8) is 0 Å². The van der Waals surface area contributed by atoms with Crippen LogP contribution in [0.15, 0.2) is 71.8 Å². The normalized spacial score (nSPS) is 15.1. The van der Waals surface area contributed by atoms with Crippen molar-refractivity contribution >= 4 is 34.2 Å². The Hall–Kier alpha value is -3.40. The summed E-state index contributed by atoms with van der Waals surface area (Å²) >= 11 is 0. The number of amides is 1. The van der Waals surface area contributed by atoms with Gasteiger partial charge in [-0.25, -0.2) is 5.43 Å². The maximum absolute atomic E-state index is 12.4. The molecule has 0 saturated carbocycles. The molecule has 0 aliphatic carbocycles. The van der Waals surface area contributed by atoms with Gasteiger partial charge in [-0.05, 0) is 67.3 Å². The topological polar surface area (TPSA) is 44.7 Å². The largest absolute Gasteiger partial charge is 0.363 e. The van der Waals surface area contributed by atoms with Gasteiger partial charge < -0.3 is 4.90 Å². The van der Waals surface area contributed by atoms with Crippen molar-refractivity contribution in [1.29, 1.82) is 0 Å². The van der Waals surface area contributed by atoms with Gasteiger partial charge in [0.2, 0.25) is 5.91 Å². The predicted octanol–water partition coefficient (Wildman–Crippen LogP) is 5.55. The van der Waals surface area contributed by atoms with Gasteiger partial charge in [-0.3, -0.25) is 4.79 Å². The van der Waals surface area contributed by atoms with E-state index in [1.165, 1.54) is 16.8 Å². The smallest absolute Gasteiger partial charge is 0.244 e. The van der Waals surface area contributed by atoms with Gasteiger partial charge in [-0.15, -0.1) is 0 Å². The number of hydrazone groups is 1. The van der Waals surface area contributed by atoms with E-state index in [9.17, 15) is 4.79 Å². The van der Waals surface area contributed by atoms with Gasteiger partial charge in [-0.1, -0.05) is 54.6 Å². The number of allylic oxidation sites excluding steroid dienone is 1. The quantitative estimate of drug-likeness (QED) is 0.442. The number of nitrogens with one attached hydrogen (secondary N) is 1. The molecule has 0 bridgehead atoms. The molecule has 0 aromatic heterocycles. The summed E-state index contributed by atoms with van der Waals surface area (Å²) in [5.41, 5.74) is 8.36. The molecule has 0 fully saturated rings. The van der Waals surface area contributed by atoms with Crippen LogP contribution in [0.5, 0.6) is 0 Å². The second-order valence-corrected chi connectivity index (χ2v) is 8.61. The van der Waals surface area contributed by atoms with Gasteiger partial charge in [-0.2, -0.15) is 5.10 Å². The van der Waals surface area contributed by atoms with E-state index in [0.29, 0.717) is 6.42 Å². The number of benzene rings is 3. The maximum atomic E-state index is 12.4. The molecule has 0 spiro atoms. The van der Waals surface area contributed by atoms with Crippen molar-refractivity contribution in [3.8, 4) is 0 Å². The van der Waals surface area contributed by atoms with Crippen molar-refractivity contribution in [2.45, 2.75) is 39.7 Å². The summed E-state index contributed by atoms with van der Waals surface area (Å²) in [6.07, 6.45) is 4.32. The highest BCUT2D eigenvalue weighted by Gasteiger charge is 2.29. The molecular formula is C27H29N3O. The fourth-order valence-electron chi connectivity index (χ4n) is 4.60. The Morgan fingerprint density at radius 2 is 1.87 bits per heavy atom. The third-order valence-corrected chi connectivity index (χ3v) is 5.95. The lowest BCUT2D eigenvalue weighted by atomic mass is 9.88. The SMILES string of the molecule is CCN1c2ccc(/C=N/NC(=O)Cc3cccc4ccccc34)cc2C(C)=CC1(C)C. The number of hydrogen-bond acceptors (Lipinski definition) is 3. The zero-order valence-electron chi connectivity index (χ0n) is 18.6. The second-order valence-electron chi connectivity index (χ2n) is 8.61. The molecule has 1 aliphatic rings. The van der Waals surface area contributed by atoms with Crippen LogP contribution in [0.4, 0.5) is 5.69 Å². The molecule has 4 nitrogen and oxygen atoms in total. The predicted molar refractivity (Wildman–Crippen MR) is 131 cm³/mol. The number of fused-ring (bicyclic) bond motifs is 2. The molecule has 0 saturated heterocycles. The molecular weight excluding hydrogens is 382 g/mol. The van der Waals surface area contributed by atoms with Gasteiger partial charge in [0.15, 0.2) is 0 Å². The first-order valence-corrected chi connectivity index (χ1v) is 10.8. The van der Waals surface area contributed by atoms with Crippen molar-refractivity contribution in [2.75, 3.05) is 11.4 Å². The lowest BCUT2D eigenvalue weighted by molar-refractivity contribution is -0.120. The van der Waals surface area contributed by atoms with Crippen LogP contribution in [-0.2, 0) is 11.2 Å². The van der Waals surface area contributed by atoms with Crippen LogP contribution in [0.1, 0.15) is 44.4 Å². The zero-order valence-corrected chi connectivity index (χ0v) is 18.6. The van der Waals surface area contributed by atoms with Gasteiger partial charge in [0.25, 0.3) is 0 Å². The number of rotatable bonds is 5. The van der Waals surface area contributed by atoms with Gasteiger partial charge >= 0.3 is 0 Å². The highest BCUT2D eigenvalue weighted by atomic mass is 16.2. The molecule has 1 amide bonds. The number of nitrogens with zero attached hydrogens (tertiary/aromatic N) is 2. The minimum atomic E-state index is -0.124. The monoisotopic (exact) mass is 411 g/mol. The molecule has 0 atom stereocenters. The average molecular weight is 412 g/mol. The van der Waals surface area contributed by atoms with Crippen LogP contribution in [0, 0.1) is 0 Å². The third kappa shape index (κ3) is 4.24. The van der Waals surface area contributed by atoms with E-state index in [-0.39, 0.29) is 11.4 Å². The van der Waals surface area contributed by atoms with Crippen molar-refractivity contribution in [2.24, 2.45) is 5.10 Å². The Balaban J connectivity index is 1.47. The Bertz CT molecular complexity index is 1180. The van der Waals surface area contributed by atoms with E-state index in [1.807, 2.05) is 30.3 Å². The standard InChI is InChI=1S/C27H29N3O/c1-5-30-25-14-13-20(15-24(25)19(2)17-27(30,3)4)18-28-29-26(31)16-22-11-8-10-21-9-6-7-12-23(21)22/h6-15,17-18H,5,16H2,1-4H3,(H,29,31)/b28-18+. The molecule has 0 radical (unpaired) electrons. The summed E-state index contributed by atoms with van der Waals surface area (Å²) in [5, 5.41) is 6.44. The van der Waals surface area contributed by atoms with Gasteiger partial charge in [0, 0.05) is 17.8 Å². The molecule has 3 aromatic rings. The minimum absolute atomic E-state index is 0.00295. The van der Waals surface area contributed by atoms with E-state index >= 15 is 0 Å². The van der Waals surface area contributed by atoms with Gasteiger partial charge in [0.05, 0.1) is 18.2 Å². The molecule has 158 valence electrons. The van der Waals surface area contributed by atoms with E-state index < -0.39 is 0 Å². The fourth-order valence-corrected chi connectivity index (χ4v) is 4.60. The fraction of sp³-hybridized carbons (Fsp3) is 0.259. The first kappa shape index (κ1) is 20.9. The Labute approximate surface area is 184 Å². The summed E-state index contributed by atoms with van der Waals surface area (Å²) in [5.74, 6) is -0.124. The maximum Gasteiger partial charge on any atom is 0.244 e. The number of likely N-dealkylation sites (N-methyl/N-ethyl adjacent to an activating group) is 1. The number of anilines is 1. The summed E-state index contributed by atoms with van der Waals surface area (Å²) in [6, 6.07) is 20.5. The molecule has 3 aromatic carbocycles. The molecule has 0 unspecified atom stereocenters. The third-order valence-electron chi connectivity index (χ3n) is 5.95. The van der Waals surface area contributed by atoms with E-state index in [4.69, 9.17) is 0 Å². The number of hydrogen-bond donors (Lipinski definition) is 1. The Morgan fingerprint density at radius 1 is 1.10 bits per heavy atom. The van der Waals surface area contributed by atoms with Crippen LogP contribution in [0.25, 0.3) is 16.3 Å². The molecule has 4 heteroatoms. The van der Waals surface area contributed by atoms with Crippen molar-refractivity contribution in [1.82, 2.24) is 5.43 Å². The second kappa shape index (κ2) is 8.38. The lowest BCUT2D eigenvalue weighted by Crippen LogP contribution is -2.44. The Morgan fingerprint density at radius 3 is 2.68 bits per heavy atom. The minimum Gasteiger partial charge on any atom is -0.363 e. The van der Waals surface area contributed by atoms with Gasteiger partial charge in [0.1, 0.15) is 0 Å². The van der Waals surface area contributed by atoms with E-state index in [0.717, 1.165) is 28.4 Å². The first-order chi connectivity index (χ1) is 14.9. The van der Waals surface area contributed by atoms with Crippen LogP contribution in [0.2, 0.25) is 0 Å². The van der Waals surface area contributed by atoms with Crippen LogP contribution in [-0.4, -0.2) is 24.2 Å². The summed E-state index contributed by atoms with van der Waals surface area (Å²) in [4.78, 5) is 14.8. The van der Waals surface area contributed by atoms with E-state index in [1.54, 1.807) is 6.21 Å². The molecule has 1 aliphatic heterocycles. The molecule has 1 N–H and O–H groups in total. The highest BCUT2D eigenvalue weighted by Crippen LogP contribution is 2.38. The van der Waals surface area contributed by atoms with Crippen LogP contribution >= 0.6 is 0 Å². The number of carbonyl (C=O) groups excluding carboxylic acids is 1. The summed E-state index contributed by atoms with van der Waals surface area (Å²) < 4.78 is 0. The molecule has 31 heavy (non-hydrogen) atoms. The Kier molecular flexibility index (Phi) is 5.64. The summed E-state index contributed by atoms with van der Waals surface area (Å²) in [6.45, 7) is 9.76.